The zero-order chi connectivity index (χ0) is 15.0. The number of fused-ring (bicyclic) bond motifs is 1. The molecule has 0 amide bonds. The first-order valence-corrected chi connectivity index (χ1v) is 7.07. The Morgan fingerprint density at radius 1 is 1.24 bits per heavy atom. The monoisotopic (exact) mass is 302 g/mol. The molecule has 1 heterocycles. The van der Waals surface area contributed by atoms with E-state index in [0.717, 1.165) is 15.6 Å². The molecule has 0 unspecified atom stereocenters. The van der Waals surface area contributed by atoms with Crippen molar-refractivity contribution in [3.8, 4) is 16.9 Å². The number of aromatic carboxylic acids is 1. The van der Waals surface area contributed by atoms with Gasteiger partial charge in [-0.25, -0.2) is 9.18 Å². The van der Waals surface area contributed by atoms with Gasteiger partial charge in [-0.3, -0.25) is 0 Å². The first kappa shape index (κ1) is 13.6. The Hall–Kier alpha value is -2.40. The molecule has 0 atom stereocenters. The predicted molar refractivity (Wildman–Crippen MR) is 80.7 cm³/mol. The zero-order valence-corrected chi connectivity index (χ0v) is 11.9. The number of carbonyl (C=O) groups is 1. The lowest BCUT2D eigenvalue weighted by atomic mass is 10.0. The number of halogens is 1. The van der Waals surface area contributed by atoms with E-state index in [1.807, 2.05) is 5.38 Å². The molecule has 106 valence electrons. The van der Waals surface area contributed by atoms with Gasteiger partial charge in [-0.1, -0.05) is 12.1 Å². The number of thiophene rings is 1. The van der Waals surface area contributed by atoms with Gasteiger partial charge in [0.15, 0.2) is 11.6 Å². The lowest BCUT2D eigenvalue weighted by Gasteiger charge is -2.08. The summed E-state index contributed by atoms with van der Waals surface area (Å²) in [5.41, 5.74) is 1.60. The van der Waals surface area contributed by atoms with Crippen LogP contribution in [-0.2, 0) is 0 Å². The van der Waals surface area contributed by atoms with Crippen LogP contribution >= 0.6 is 11.3 Å². The highest BCUT2D eigenvalue weighted by Gasteiger charge is 2.15. The zero-order valence-electron chi connectivity index (χ0n) is 11.1. The Bertz CT molecular complexity index is 839. The molecule has 0 aliphatic rings. The van der Waals surface area contributed by atoms with Crippen LogP contribution in [0.15, 0.2) is 41.8 Å². The van der Waals surface area contributed by atoms with Gasteiger partial charge in [0.2, 0.25) is 0 Å². The van der Waals surface area contributed by atoms with Crippen LogP contribution in [0.3, 0.4) is 0 Å². The summed E-state index contributed by atoms with van der Waals surface area (Å²) in [7, 11) is 1.42. The second-order valence-electron chi connectivity index (χ2n) is 4.49. The highest BCUT2D eigenvalue weighted by atomic mass is 32.1. The van der Waals surface area contributed by atoms with E-state index in [2.05, 4.69) is 0 Å². The van der Waals surface area contributed by atoms with Crippen LogP contribution in [0, 0.1) is 5.82 Å². The Morgan fingerprint density at radius 3 is 2.76 bits per heavy atom. The van der Waals surface area contributed by atoms with E-state index >= 15 is 0 Å². The molecule has 0 bridgehead atoms. The third kappa shape index (κ3) is 2.25. The highest BCUT2D eigenvalue weighted by Crippen LogP contribution is 2.39. The molecular formula is C16H11FO3S. The molecule has 3 nitrogen and oxygen atoms in total. The molecule has 5 heteroatoms. The summed E-state index contributed by atoms with van der Waals surface area (Å²) in [6.07, 6.45) is 0. The van der Waals surface area contributed by atoms with Gasteiger partial charge >= 0.3 is 5.97 Å². The maximum absolute atomic E-state index is 13.8. The van der Waals surface area contributed by atoms with Crippen LogP contribution in [0.2, 0.25) is 0 Å². The Kier molecular flexibility index (Phi) is 3.35. The van der Waals surface area contributed by atoms with Crippen molar-refractivity contribution in [3.05, 3.63) is 53.2 Å². The van der Waals surface area contributed by atoms with Crippen LogP contribution in [0.1, 0.15) is 10.4 Å². The fraction of sp³-hybridized carbons (Fsp3) is 0.0625. The standard InChI is InChI=1S/C16H11FO3S/c1-20-15-10(3-2-4-13(15)17)12-8-21-14-6-5-9(16(18)19)7-11(12)14/h2-8H,1H3,(H,18,19). The van der Waals surface area contributed by atoms with Gasteiger partial charge in [0.05, 0.1) is 12.7 Å². The van der Waals surface area contributed by atoms with Gasteiger partial charge in [0.1, 0.15) is 0 Å². The molecule has 2 aromatic carbocycles. The van der Waals surface area contributed by atoms with Crippen molar-refractivity contribution in [2.45, 2.75) is 0 Å². The number of ether oxygens (including phenoxy) is 1. The molecule has 0 fully saturated rings. The molecule has 21 heavy (non-hydrogen) atoms. The van der Waals surface area contributed by atoms with Crippen molar-refractivity contribution < 1.29 is 19.0 Å². The number of hydrogen-bond donors (Lipinski definition) is 1. The third-order valence-corrected chi connectivity index (χ3v) is 4.25. The average Bonchev–Trinajstić information content (AvgIpc) is 2.89. The minimum absolute atomic E-state index is 0.165. The van der Waals surface area contributed by atoms with Crippen LogP contribution in [0.25, 0.3) is 21.2 Å². The number of carboxylic acids is 1. The van der Waals surface area contributed by atoms with Crippen molar-refractivity contribution in [1.82, 2.24) is 0 Å². The summed E-state index contributed by atoms with van der Waals surface area (Å²) in [6, 6.07) is 9.63. The molecule has 0 aliphatic carbocycles. The summed E-state index contributed by atoms with van der Waals surface area (Å²) < 4.78 is 19.9. The summed E-state index contributed by atoms with van der Waals surface area (Å²) >= 11 is 1.48. The van der Waals surface area contributed by atoms with Crippen molar-refractivity contribution in [3.63, 3.8) is 0 Å². The first-order valence-electron chi connectivity index (χ1n) is 6.19. The van der Waals surface area contributed by atoms with E-state index in [1.165, 1.54) is 24.5 Å². The van der Waals surface area contributed by atoms with Crippen molar-refractivity contribution in [2.24, 2.45) is 0 Å². The SMILES string of the molecule is COc1c(F)cccc1-c1csc2ccc(C(=O)O)cc12. The summed E-state index contributed by atoms with van der Waals surface area (Å²) in [5.74, 6) is -1.26. The molecular weight excluding hydrogens is 291 g/mol. The lowest BCUT2D eigenvalue weighted by molar-refractivity contribution is 0.0697. The van der Waals surface area contributed by atoms with E-state index in [0.29, 0.717) is 5.56 Å². The van der Waals surface area contributed by atoms with Crippen LogP contribution in [0.5, 0.6) is 5.75 Å². The maximum atomic E-state index is 13.8. The number of rotatable bonds is 3. The molecule has 0 spiro atoms. The predicted octanol–water partition coefficient (Wildman–Crippen LogP) is 4.41. The second-order valence-corrected chi connectivity index (χ2v) is 5.40. The Balaban J connectivity index is 2.28. The Morgan fingerprint density at radius 2 is 2.05 bits per heavy atom. The largest absolute Gasteiger partial charge is 0.493 e. The van der Waals surface area contributed by atoms with Gasteiger partial charge < -0.3 is 9.84 Å². The molecule has 3 aromatic rings. The van der Waals surface area contributed by atoms with Crippen molar-refractivity contribution in [1.29, 1.82) is 0 Å². The van der Waals surface area contributed by atoms with Crippen LogP contribution < -0.4 is 4.74 Å². The van der Waals surface area contributed by atoms with Gasteiger partial charge in [-0.05, 0) is 29.6 Å². The molecule has 0 saturated heterocycles. The quantitative estimate of drug-likeness (QED) is 0.779. The van der Waals surface area contributed by atoms with Crippen LogP contribution in [-0.4, -0.2) is 18.2 Å². The fourth-order valence-electron chi connectivity index (χ4n) is 2.30. The minimum atomic E-state index is -0.986. The van der Waals surface area contributed by atoms with Crippen LogP contribution in [0.4, 0.5) is 4.39 Å². The molecule has 0 aliphatic heterocycles. The van der Waals surface area contributed by atoms with Gasteiger partial charge in [0.25, 0.3) is 0 Å². The number of benzene rings is 2. The van der Waals surface area contributed by atoms with Gasteiger partial charge in [-0.2, -0.15) is 0 Å². The lowest BCUT2D eigenvalue weighted by Crippen LogP contribution is -1.95. The first-order chi connectivity index (χ1) is 10.1. The van der Waals surface area contributed by atoms with E-state index in [9.17, 15) is 9.18 Å². The van der Waals surface area contributed by atoms with E-state index in [1.54, 1.807) is 30.3 Å². The maximum Gasteiger partial charge on any atom is 0.335 e. The van der Waals surface area contributed by atoms with Crippen molar-refractivity contribution in [2.75, 3.05) is 7.11 Å². The number of carboxylic acid groups (broad SMARTS) is 1. The molecule has 0 radical (unpaired) electrons. The topological polar surface area (TPSA) is 46.5 Å². The average molecular weight is 302 g/mol. The Labute approximate surface area is 124 Å². The van der Waals surface area contributed by atoms with E-state index in [-0.39, 0.29) is 11.3 Å². The molecule has 3 rings (SSSR count). The molecule has 0 saturated carbocycles. The summed E-state index contributed by atoms with van der Waals surface area (Å²) in [5, 5.41) is 11.8. The summed E-state index contributed by atoms with van der Waals surface area (Å²) in [4.78, 5) is 11.1. The normalized spacial score (nSPS) is 10.8. The fourth-order valence-corrected chi connectivity index (χ4v) is 3.24. The minimum Gasteiger partial charge on any atom is -0.493 e. The third-order valence-electron chi connectivity index (χ3n) is 3.28. The molecule has 1 aromatic heterocycles. The van der Waals surface area contributed by atoms with E-state index in [4.69, 9.17) is 9.84 Å². The number of para-hydroxylation sites is 1. The second kappa shape index (κ2) is 5.18. The number of hydrogen-bond acceptors (Lipinski definition) is 3. The molecule has 1 N–H and O–H groups in total. The highest BCUT2D eigenvalue weighted by molar-refractivity contribution is 7.17. The summed E-state index contributed by atoms with van der Waals surface area (Å²) in [6.45, 7) is 0. The van der Waals surface area contributed by atoms with Gasteiger partial charge in [0, 0.05) is 21.2 Å². The van der Waals surface area contributed by atoms with Crippen molar-refractivity contribution >= 4 is 27.4 Å². The smallest absolute Gasteiger partial charge is 0.335 e. The van der Waals surface area contributed by atoms with E-state index < -0.39 is 11.8 Å². The van der Waals surface area contributed by atoms with Gasteiger partial charge in [-0.15, -0.1) is 11.3 Å². The number of methoxy groups -OCH3 is 1.